The fraction of sp³-hybridized carbons (Fsp3) is 0.240. The van der Waals surface area contributed by atoms with Crippen LogP contribution in [0.2, 0.25) is 0 Å². The lowest BCUT2D eigenvalue weighted by molar-refractivity contribution is -0.129. The molecule has 7 nitrogen and oxygen atoms in total. The number of ether oxygens (including phenoxy) is 1. The van der Waals surface area contributed by atoms with Crippen LogP contribution in [0.5, 0.6) is 11.5 Å². The summed E-state index contributed by atoms with van der Waals surface area (Å²) in [7, 11) is 0. The normalized spacial score (nSPS) is 15.9. The second-order valence-electron chi connectivity index (χ2n) is 7.98. The van der Waals surface area contributed by atoms with Gasteiger partial charge in [0.25, 0.3) is 0 Å². The Kier molecular flexibility index (Phi) is 5.33. The fourth-order valence-electron chi connectivity index (χ4n) is 4.28. The molecule has 7 heteroatoms. The highest BCUT2D eigenvalue weighted by molar-refractivity contribution is 5.82. The number of amides is 1. The van der Waals surface area contributed by atoms with Gasteiger partial charge in [0.05, 0.1) is 23.7 Å². The number of hydrogen-bond acceptors (Lipinski definition) is 5. The summed E-state index contributed by atoms with van der Waals surface area (Å²) < 4.78 is 6.28. The summed E-state index contributed by atoms with van der Waals surface area (Å²) in [5.41, 5.74) is 4.17. The number of aromatic amines is 1. The van der Waals surface area contributed by atoms with Crippen molar-refractivity contribution in [3.05, 3.63) is 71.9 Å². The topological polar surface area (TPSA) is 91.3 Å². The molecule has 1 atom stereocenters. The summed E-state index contributed by atoms with van der Waals surface area (Å²) in [5.74, 6) is 2.08. The third kappa shape index (κ3) is 3.83. The molecule has 1 fully saturated rings. The standard InChI is InChI=1S/C25H24N4O3/c1-16(31)29-12-4-6-23(29)19-13-21-22(28-25(27-21)20-5-2-3-11-26-20)14-24(19)32-18-9-7-17(15-30)8-10-18/h2-3,5,7-11,13-14,23,30H,4,6,12,15H2,1H3,(H,27,28). The van der Waals surface area contributed by atoms with E-state index < -0.39 is 0 Å². The minimum atomic E-state index is -0.0507. The van der Waals surface area contributed by atoms with Gasteiger partial charge in [-0.3, -0.25) is 9.78 Å². The van der Waals surface area contributed by atoms with Crippen LogP contribution in [0.1, 0.15) is 36.9 Å². The molecule has 0 bridgehead atoms. The van der Waals surface area contributed by atoms with Crippen molar-refractivity contribution >= 4 is 16.9 Å². The monoisotopic (exact) mass is 428 g/mol. The van der Waals surface area contributed by atoms with Crippen molar-refractivity contribution in [2.75, 3.05) is 6.54 Å². The maximum absolute atomic E-state index is 12.3. The number of nitrogens with one attached hydrogen (secondary N) is 1. The van der Waals surface area contributed by atoms with E-state index >= 15 is 0 Å². The number of aliphatic hydroxyl groups excluding tert-OH is 1. The van der Waals surface area contributed by atoms with Crippen molar-refractivity contribution in [3.63, 3.8) is 0 Å². The van der Waals surface area contributed by atoms with E-state index in [2.05, 4.69) is 9.97 Å². The van der Waals surface area contributed by atoms with Crippen molar-refractivity contribution in [1.82, 2.24) is 19.9 Å². The van der Waals surface area contributed by atoms with Gasteiger partial charge in [-0.2, -0.15) is 0 Å². The van der Waals surface area contributed by atoms with Crippen LogP contribution < -0.4 is 4.74 Å². The molecule has 32 heavy (non-hydrogen) atoms. The summed E-state index contributed by atoms with van der Waals surface area (Å²) in [5, 5.41) is 9.31. The average molecular weight is 428 g/mol. The van der Waals surface area contributed by atoms with Crippen LogP contribution in [0.4, 0.5) is 0 Å². The van der Waals surface area contributed by atoms with E-state index in [-0.39, 0.29) is 18.6 Å². The molecule has 0 spiro atoms. The van der Waals surface area contributed by atoms with Crippen molar-refractivity contribution in [2.24, 2.45) is 0 Å². The zero-order valence-electron chi connectivity index (χ0n) is 17.8. The molecule has 0 saturated carbocycles. The van der Waals surface area contributed by atoms with Crippen molar-refractivity contribution < 1.29 is 14.6 Å². The lowest BCUT2D eigenvalue weighted by atomic mass is 10.0. The van der Waals surface area contributed by atoms with Crippen molar-refractivity contribution in [3.8, 4) is 23.0 Å². The highest BCUT2D eigenvalue weighted by Gasteiger charge is 2.31. The predicted molar refractivity (Wildman–Crippen MR) is 121 cm³/mol. The number of H-pyrrole nitrogens is 1. The summed E-state index contributed by atoms with van der Waals surface area (Å²) >= 11 is 0. The van der Waals surface area contributed by atoms with E-state index in [1.54, 1.807) is 13.1 Å². The van der Waals surface area contributed by atoms with Gasteiger partial charge in [-0.1, -0.05) is 18.2 Å². The number of carbonyl (C=O) groups is 1. The molecule has 2 N–H and O–H groups in total. The minimum Gasteiger partial charge on any atom is -0.457 e. The van der Waals surface area contributed by atoms with Crippen LogP contribution in [-0.4, -0.2) is 37.4 Å². The molecule has 5 rings (SSSR count). The number of carbonyl (C=O) groups excluding carboxylic acids is 1. The highest BCUT2D eigenvalue weighted by atomic mass is 16.5. The number of pyridine rings is 1. The Labute approximate surface area is 185 Å². The fourth-order valence-corrected chi connectivity index (χ4v) is 4.28. The van der Waals surface area contributed by atoms with Crippen LogP contribution >= 0.6 is 0 Å². The average Bonchev–Trinajstić information content (AvgIpc) is 3.47. The first kappa shape index (κ1) is 20.2. The number of imidazole rings is 1. The van der Waals surface area contributed by atoms with Gasteiger partial charge < -0.3 is 19.7 Å². The van der Waals surface area contributed by atoms with E-state index in [1.807, 2.05) is 59.5 Å². The maximum Gasteiger partial charge on any atom is 0.219 e. The van der Waals surface area contributed by atoms with Crippen molar-refractivity contribution in [2.45, 2.75) is 32.4 Å². The largest absolute Gasteiger partial charge is 0.457 e. The lowest BCUT2D eigenvalue weighted by Gasteiger charge is -2.25. The number of fused-ring (bicyclic) bond motifs is 1. The number of nitrogens with zero attached hydrogens (tertiary/aromatic N) is 3. The molecule has 3 heterocycles. The molecule has 1 amide bonds. The number of benzene rings is 2. The minimum absolute atomic E-state index is 0.0172. The lowest BCUT2D eigenvalue weighted by Crippen LogP contribution is -2.28. The second kappa shape index (κ2) is 8.43. The number of aliphatic hydroxyl groups is 1. The SMILES string of the molecule is CC(=O)N1CCCC1c1cc2[nH]c(-c3ccccn3)nc2cc1Oc1ccc(CO)cc1. The van der Waals surface area contributed by atoms with Gasteiger partial charge in [-0.05, 0) is 48.7 Å². The highest BCUT2D eigenvalue weighted by Crippen LogP contribution is 2.41. The van der Waals surface area contributed by atoms with Gasteiger partial charge in [0.2, 0.25) is 5.91 Å². The Morgan fingerprint density at radius 3 is 2.78 bits per heavy atom. The molecule has 0 aliphatic carbocycles. The molecule has 4 aromatic rings. The van der Waals surface area contributed by atoms with Crippen LogP contribution in [0, 0.1) is 0 Å². The Balaban J connectivity index is 1.60. The third-order valence-electron chi connectivity index (χ3n) is 5.87. The van der Waals surface area contributed by atoms with E-state index in [9.17, 15) is 9.90 Å². The zero-order valence-corrected chi connectivity index (χ0v) is 17.8. The smallest absolute Gasteiger partial charge is 0.219 e. The van der Waals surface area contributed by atoms with Gasteiger partial charge >= 0.3 is 0 Å². The van der Waals surface area contributed by atoms with E-state index in [1.165, 1.54) is 0 Å². The first-order valence-corrected chi connectivity index (χ1v) is 10.7. The van der Waals surface area contributed by atoms with E-state index in [0.29, 0.717) is 17.3 Å². The Hall–Kier alpha value is -3.71. The predicted octanol–water partition coefficient (Wildman–Crippen LogP) is 4.59. The van der Waals surface area contributed by atoms with Crippen molar-refractivity contribution in [1.29, 1.82) is 0 Å². The molecule has 0 radical (unpaired) electrons. The van der Waals surface area contributed by atoms with Gasteiger partial charge in [-0.15, -0.1) is 0 Å². The molecule has 2 aromatic carbocycles. The van der Waals surface area contributed by atoms with Gasteiger partial charge in [-0.25, -0.2) is 4.98 Å². The van der Waals surface area contributed by atoms with Gasteiger partial charge in [0, 0.05) is 31.3 Å². The molecule has 1 saturated heterocycles. The molecular formula is C25H24N4O3. The molecule has 2 aromatic heterocycles. The van der Waals surface area contributed by atoms with E-state index in [4.69, 9.17) is 9.72 Å². The van der Waals surface area contributed by atoms with Gasteiger partial charge in [0.1, 0.15) is 17.2 Å². The Morgan fingerprint density at radius 2 is 2.06 bits per heavy atom. The van der Waals surface area contributed by atoms with Crippen LogP contribution in [0.15, 0.2) is 60.8 Å². The maximum atomic E-state index is 12.3. The number of hydrogen-bond donors (Lipinski definition) is 2. The number of aromatic nitrogens is 3. The van der Waals surface area contributed by atoms with Crippen LogP contribution in [0.25, 0.3) is 22.6 Å². The molecular weight excluding hydrogens is 404 g/mol. The third-order valence-corrected chi connectivity index (χ3v) is 5.87. The summed E-state index contributed by atoms with van der Waals surface area (Å²) in [6.45, 7) is 2.34. The zero-order chi connectivity index (χ0) is 22.1. The summed E-state index contributed by atoms with van der Waals surface area (Å²) in [6, 6.07) is 16.9. The summed E-state index contributed by atoms with van der Waals surface area (Å²) in [6.07, 6.45) is 3.57. The van der Waals surface area contributed by atoms with E-state index in [0.717, 1.165) is 47.2 Å². The van der Waals surface area contributed by atoms with Crippen LogP contribution in [-0.2, 0) is 11.4 Å². The number of rotatable bonds is 5. The molecule has 162 valence electrons. The summed E-state index contributed by atoms with van der Waals surface area (Å²) in [4.78, 5) is 26.6. The Morgan fingerprint density at radius 1 is 1.22 bits per heavy atom. The molecule has 1 aliphatic rings. The molecule has 1 aliphatic heterocycles. The van der Waals surface area contributed by atoms with Gasteiger partial charge in [0.15, 0.2) is 5.82 Å². The second-order valence-corrected chi connectivity index (χ2v) is 7.98. The van der Waals surface area contributed by atoms with Crippen LogP contribution in [0.3, 0.4) is 0 Å². The first-order chi connectivity index (χ1) is 15.6. The quantitative estimate of drug-likeness (QED) is 0.485. The number of likely N-dealkylation sites (tertiary alicyclic amines) is 1. The molecule has 1 unspecified atom stereocenters. The first-order valence-electron chi connectivity index (χ1n) is 10.7. The Bertz CT molecular complexity index is 1250.